The van der Waals surface area contributed by atoms with E-state index in [1.54, 1.807) is 52.0 Å². The molecule has 5 N–H and O–H groups in total. The van der Waals surface area contributed by atoms with Gasteiger partial charge in [-0.3, -0.25) is 9.36 Å². The molecule has 2 aromatic heterocycles. The third-order valence-corrected chi connectivity index (χ3v) is 8.63. The molecule has 16 heteroatoms. The van der Waals surface area contributed by atoms with E-state index in [1.165, 1.54) is 17.8 Å². The number of imidazole rings is 1. The smallest absolute Gasteiger partial charge is 0.323 e. The van der Waals surface area contributed by atoms with Crippen LogP contribution in [0.3, 0.4) is 0 Å². The van der Waals surface area contributed by atoms with Gasteiger partial charge >= 0.3 is 12.6 Å². The topological polar surface area (TPSA) is 185 Å². The number of aliphatic hydroxyl groups is 2. The van der Waals surface area contributed by atoms with Crippen LogP contribution in [0.25, 0.3) is 11.2 Å². The Balaban J connectivity index is 1.56. The molecule has 14 nitrogen and oxygen atoms in total. The van der Waals surface area contributed by atoms with Gasteiger partial charge in [0, 0.05) is 0 Å². The van der Waals surface area contributed by atoms with Gasteiger partial charge in [0.05, 0.1) is 25.6 Å². The highest BCUT2D eigenvalue weighted by atomic mass is 32.5. The highest BCUT2D eigenvalue weighted by Gasteiger charge is 2.54. The molecular formula is C25H35N6O8PS. The van der Waals surface area contributed by atoms with Crippen molar-refractivity contribution in [1.82, 2.24) is 24.6 Å². The van der Waals surface area contributed by atoms with Crippen molar-refractivity contribution in [3.05, 3.63) is 36.7 Å². The predicted molar refractivity (Wildman–Crippen MR) is 153 cm³/mol. The number of carbonyl (C=O) groups excluding carboxylic acids is 1. The highest BCUT2D eigenvalue weighted by molar-refractivity contribution is 8.09. The van der Waals surface area contributed by atoms with Crippen LogP contribution in [-0.4, -0.2) is 78.9 Å². The van der Waals surface area contributed by atoms with Crippen molar-refractivity contribution in [3.63, 3.8) is 0 Å². The van der Waals surface area contributed by atoms with Crippen molar-refractivity contribution in [2.24, 2.45) is 0 Å². The molecule has 4 rings (SSSR count). The first-order chi connectivity index (χ1) is 19.3. The molecule has 0 spiro atoms. The summed E-state index contributed by atoms with van der Waals surface area (Å²) in [7, 11) is 0. The number of nitrogen functional groups attached to an aromatic ring is 1. The van der Waals surface area contributed by atoms with E-state index in [9.17, 15) is 15.0 Å². The van der Waals surface area contributed by atoms with Gasteiger partial charge in [0.25, 0.3) is 0 Å². The molecule has 1 aliphatic heterocycles. The van der Waals surface area contributed by atoms with Crippen molar-refractivity contribution in [2.75, 3.05) is 18.9 Å². The van der Waals surface area contributed by atoms with Crippen molar-refractivity contribution in [1.29, 1.82) is 0 Å². The van der Waals surface area contributed by atoms with Crippen LogP contribution in [0.15, 0.2) is 36.7 Å². The zero-order chi connectivity index (χ0) is 29.9. The van der Waals surface area contributed by atoms with Crippen LogP contribution in [0, 0.1) is 0 Å². The first-order valence-corrected chi connectivity index (χ1v) is 15.6. The Kier molecular flexibility index (Phi) is 9.49. The standard InChI is InChI=1S/C25H35N6O8PS/c1-6-35-21-18-20(28-24(26)29-21)31(13-27-18)23-25(5,34)19(32)17(38-23)12-36-40(41,39-16-10-8-7-9-11-16)30-15(4)22(33)37-14(2)3/h7-11,13-15,17,19,23,32,34H,6,12H2,1-5H3,(H,30,41)(H2,26,28,29)/t15-,17-,19-,23-,25-,40-/m1/s1. The Hall–Kier alpha value is -2.91. The lowest BCUT2D eigenvalue weighted by atomic mass is 9.96. The number of nitrogens with one attached hydrogen (secondary N) is 1. The minimum absolute atomic E-state index is 0.0595. The lowest BCUT2D eigenvalue weighted by Gasteiger charge is -2.28. The van der Waals surface area contributed by atoms with Crippen LogP contribution in [0.5, 0.6) is 11.6 Å². The van der Waals surface area contributed by atoms with Crippen molar-refractivity contribution < 1.29 is 38.3 Å². The third kappa shape index (κ3) is 6.95. The van der Waals surface area contributed by atoms with Gasteiger partial charge in [-0.2, -0.15) is 9.97 Å². The van der Waals surface area contributed by atoms with Gasteiger partial charge < -0.3 is 39.2 Å². The zero-order valence-corrected chi connectivity index (χ0v) is 25.0. The highest BCUT2D eigenvalue weighted by Crippen LogP contribution is 2.47. The van der Waals surface area contributed by atoms with E-state index < -0.39 is 42.7 Å². The van der Waals surface area contributed by atoms with Gasteiger partial charge in [0.1, 0.15) is 29.6 Å². The molecule has 0 saturated carbocycles. The number of ether oxygens (including phenoxy) is 3. The second kappa shape index (κ2) is 12.5. The number of hydrogen-bond acceptors (Lipinski definition) is 13. The number of para-hydroxylation sites is 1. The summed E-state index contributed by atoms with van der Waals surface area (Å²) < 4.78 is 30.4. The summed E-state index contributed by atoms with van der Waals surface area (Å²) in [6.45, 7) is 4.89. The number of nitrogens with zero attached hydrogens (tertiary/aromatic N) is 4. The molecule has 0 unspecified atom stereocenters. The molecule has 3 heterocycles. The maximum absolute atomic E-state index is 12.5. The molecule has 1 aromatic carbocycles. The Bertz CT molecular complexity index is 1410. The Labute approximate surface area is 242 Å². The molecule has 6 atom stereocenters. The normalized spacial score (nSPS) is 24.7. The average molecular weight is 611 g/mol. The quantitative estimate of drug-likeness (QED) is 0.172. The summed E-state index contributed by atoms with van der Waals surface area (Å²) in [5.41, 5.74) is 4.62. The number of anilines is 1. The van der Waals surface area contributed by atoms with Crippen molar-refractivity contribution in [3.8, 4) is 11.6 Å². The molecular weight excluding hydrogens is 575 g/mol. The number of fused-ring (bicyclic) bond motifs is 1. The van der Waals surface area contributed by atoms with Crippen LogP contribution >= 0.6 is 6.64 Å². The number of carbonyl (C=O) groups is 1. The van der Waals surface area contributed by atoms with Crippen LogP contribution in [-0.2, 0) is 30.6 Å². The molecule has 0 amide bonds. The zero-order valence-electron chi connectivity index (χ0n) is 23.3. The van der Waals surface area contributed by atoms with Crippen LogP contribution < -0.4 is 20.1 Å². The van der Waals surface area contributed by atoms with Gasteiger partial charge in [0.2, 0.25) is 11.8 Å². The molecule has 224 valence electrons. The summed E-state index contributed by atoms with van der Waals surface area (Å²) in [4.78, 5) is 25.1. The second-order valence-corrected chi connectivity index (χ2v) is 13.0. The number of esters is 1. The number of rotatable bonds is 12. The van der Waals surface area contributed by atoms with E-state index >= 15 is 0 Å². The minimum Gasteiger partial charge on any atom is -0.476 e. The molecule has 0 aliphatic carbocycles. The fraction of sp³-hybridized carbons (Fsp3) is 0.520. The van der Waals surface area contributed by atoms with Crippen molar-refractivity contribution >= 4 is 41.5 Å². The molecule has 0 radical (unpaired) electrons. The minimum atomic E-state index is -3.42. The molecule has 0 bridgehead atoms. The molecule has 1 aliphatic rings. The molecule has 1 fully saturated rings. The van der Waals surface area contributed by atoms with Gasteiger partial charge in [-0.15, -0.1) is 0 Å². The molecule has 41 heavy (non-hydrogen) atoms. The number of benzene rings is 1. The van der Waals surface area contributed by atoms with Gasteiger partial charge in [-0.05, 0) is 58.6 Å². The largest absolute Gasteiger partial charge is 0.476 e. The third-order valence-electron chi connectivity index (χ3n) is 6.13. The van der Waals surface area contributed by atoms with Gasteiger partial charge in [-0.1, -0.05) is 18.2 Å². The molecule has 1 saturated heterocycles. The van der Waals surface area contributed by atoms with E-state index in [1.807, 2.05) is 6.07 Å². The summed E-state index contributed by atoms with van der Waals surface area (Å²) in [6.07, 6.45) is -2.55. The lowest BCUT2D eigenvalue weighted by Crippen LogP contribution is -2.44. The number of aromatic nitrogens is 4. The van der Waals surface area contributed by atoms with Crippen LogP contribution in [0.4, 0.5) is 5.95 Å². The first-order valence-electron chi connectivity index (χ1n) is 13.0. The second-order valence-electron chi connectivity index (χ2n) is 9.88. The van der Waals surface area contributed by atoms with Crippen molar-refractivity contribution in [2.45, 2.75) is 70.8 Å². The van der Waals surface area contributed by atoms with Crippen LogP contribution in [0.1, 0.15) is 40.8 Å². The Morgan fingerprint density at radius 3 is 2.66 bits per heavy atom. The summed E-state index contributed by atoms with van der Waals surface area (Å²) >= 11 is 5.74. The van der Waals surface area contributed by atoms with Crippen LogP contribution in [0.2, 0.25) is 0 Å². The summed E-state index contributed by atoms with van der Waals surface area (Å²) in [6, 6.07) is 7.87. The van der Waals surface area contributed by atoms with E-state index in [4.69, 9.17) is 40.8 Å². The Morgan fingerprint density at radius 1 is 1.29 bits per heavy atom. The fourth-order valence-corrected chi connectivity index (χ4v) is 6.62. The summed E-state index contributed by atoms with van der Waals surface area (Å²) in [5, 5.41) is 25.3. The SMILES string of the molecule is CCOc1nc(N)nc2c1ncn2[C@@H]1O[C@H](CO[P@](=S)(N[C@H](C)C(=O)OC(C)C)Oc2ccccc2)[C@@H](O)[C@@]1(C)O. The van der Waals surface area contributed by atoms with E-state index in [-0.39, 0.29) is 30.2 Å². The maximum atomic E-state index is 12.5. The molecule has 3 aromatic rings. The Morgan fingerprint density at radius 2 is 2.00 bits per heavy atom. The number of aliphatic hydroxyl groups excluding tert-OH is 1. The van der Waals surface area contributed by atoms with E-state index in [0.717, 1.165) is 0 Å². The number of nitrogens with two attached hydrogens (primary N) is 1. The maximum Gasteiger partial charge on any atom is 0.323 e. The monoisotopic (exact) mass is 610 g/mol. The van der Waals surface area contributed by atoms with E-state index in [0.29, 0.717) is 17.9 Å². The van der Waals surface area contributed by atoms with Gasteiger partial charge in [-0.25, -0.2) is 10.1 Å². The fourth-order valence-electron chi connectivity index (χ4n) is 4.20. The first kappa shape index (κ1) is 31.0. The number of hydrogen-bond donors (Lipinski definition) is 4. The van der Waals surface area contributed by atoms with E-state index in [2.05, 4.69) is 20.0 Å². The van der Waals surface area contributed by atoms with Gasteiger partial charge in [0.15, 0.2) is 17.4 Å². The predicted octanol–water partition coefficient (Wildman–Crippen LogP) is 2.07. The summed E-state index contributed by atoms with van der Waals surface area (Å²) in [5.74, 6) is 0.00422. The average Bonchev–Trinajstić information content (AvgIpc) is 3.41. The lowest BCUT2D eigenvalue weighted by molar-refractivity contribution is -0.149.